The van der Waals surface area contributed by atoms with Crippen LogP contribution < -0.4 is 10.9 Å². The number of nitrogens with one attached hydrogen (secondary N) is 2. The van der Waals surface area contributed by atoms with Gasteiger partial charge in [0.1, 0.15) is 0 Å². The number of hydrogen-bond donors (Lipinski definition) is 2. The van der Waals surface area contributed by atoms with Crippen molar-refractivity contribution in [2.45, 2.75) is 0 Å². The largest absolute Gasteiger partial charge is 2.00 e. The molecule has 0 aliphatic heterocycles. The van der Waals surface area contributed by atoms with Crippen molar-refractivity contribution in [1.29, 1.82) is 0 Å². The van der Waals surface area contributed by atoms with Crippen LogP contribution in [-0.2, 0) is 17.1 Å². The normalized spacial score (nSPS) is 14.4. The molecule has 6 rings (SSSR count). The molecule has 9 heteroatoms. The van der Waals surface area contributed by atoms with Gasteiger partial charge in [-0.1, -0.05) is 71.8 Å². The van der Waals surface area contributed by atoms with Crippen LogP contribution in [0, 0.1) is 11.8 Å². The number of benzene rings is 2. The van der Waals surface area contributed by atoms with Gasteiger partial charge < -0.3 is 0 Å². The van der Waals surface area contributed by atoms with E-state index in [0.29, 0.717) is 10.0 Å². The van der Waals surface area contributed by atoms with Gasteiger partial charge in [0, 0.05) is 57.5 Å². The summed E-state index contributed by atoms with van der Waals surface area (Å²) in [6.07, 6.45) is 23.6. The Bertz CT molecular complexity index is 1480. The van der Waals surface area contributed by atoms with E-state index in [1.165, 1.54) is 0 Å². The third-order valence-electron chi connectivity index (χ3n) is 5.83. The van der Waals surface area contributed by atoms with E-state index in [0.717, 1.165) is 33.2 Å². The van der Waals surface area contributed by atoms with Crippen molar-refractivity contribution in [3.05, 3.63) is 120 Å². The average molecular weight is 595 g/mol. The van der Waals surface area contributed by atoms with Gasteiger partial charge in [-0.15, -0.1) is 0 Å². The van der Waals surface area contributed by atoms with Crippen LogP contribution in [0.15, 0.2) is 120 Å². The molecule has 0 spiro atoms. The van der Waals surface area contributed by atoms with Crippen LogP contribution in [0.25, 0.3) is 21.8 Å². The van der Waals surface area contributed by atoms with E-state index >= 15 is 0 Å². The molecule has 2 aliphatic rings. The van der Waals surface area contributed by atoms with Gasteiger partial charge in [0.15, 0.2) is 0 Å². The molecule has 2 aromatic heterocycles. The summed E-state index contributed by atoms with van der Waals surface area (Å²) < 4.78 is 0. The number of hydrogen-bond acceptors (Lipinski definition) is 6. The quantitative estimate of drug-likeness (QED) is 0.134. The minimum atomic E-state index is 0. The molecule has 194 valence electrons. The van der Waals surface area contributed by atoms with Crippen LogP contribution in [0.5, 0.6) is 0 Å². The third kappa shape index (κ3) is 7.65. The molecule has 0 amide bonds. The zero-order valence-corrected chi connectivity index (χ0v) is 23.2. The van der Waals surface area contributed by atoms with Gasteiger partial charge in [0.05, 0.1) is 22.4 Å². The summed E-state index contributed by atoms with van der Waals surface area (Å²) in [5.74, 6) is 0.546. The van der Waals surface area contributed by atoms with Crippen molar-refractivity contribution in [3.8, 4) is 0 Å². The number of pyridine rings is 2. The van der Waals surface area contributed by atoms with Gasteiger partial charge in [-0.2, -0.15) is 10.2 Å². The first-order valence-corrected chi connectivity index (χ1v) is 12.8. The van der Waals surface area contributed by atoms with Crippen molar-refractivity contribution >= 4 is 68.8 Å². The molecule has 2 heterocycles. The monoisotopic (exact) mass is 594 g/mol. The molecule has 0 radical (unpaired) electrons. The number of anilines is 2. The molecule has 2 aromatic carbocycles. The number of halogens is 2. The first-order chi connectivity index (χ1) is 18.7. The summed E-state index contributed by atoms with van der Waals surface area (Å²) in [5.41, 5.74) is 9.66. The Morgan fingerprint density at radius 2 is 1.03 bits per heavy atom. The summed E-state index contributed by atoms with van der Waals surface area (Å²) in [5, 5.41) is 11.9. The van der Waals surface area contributed by atoms with Gasteiger partial charge in [0.2, 0.25) is 0 Å². The first-order valence-electron chi connectivity index (χ1n) is 12.0. The Hall–Kier alpha value is -3.74. The minimum absolute atomic E-state index is 0. The molecule has 0 bridgehead atoms. The fourth-order valence-electron chi connectivity index (χ4n) is 3.92. The van der Waals surface area contributed by atoms with E-state index in [-0.39, 0.29) is 28.9 Å². The van der Waals surface area contributed by atoms with Crippen LogP contribution in [0.2, 0.25) is 10.0 Å². The Kier molecular flexibility index (Phi) is 10.1. The Balaban J connectivity index is 0.000000176. The van der Waals surface area contributed by atoms with E-state index in [9.17, 15) is 0 Å². The van der Waals surface area contributed by atoms with Crippen LogP contribution in [0.1, 0.15) is 0 Å². The summed E-state index contributed by atoms with van der Waals surface area (Å²) in [4.78, 5) is 8.58. The molecule has 0 atom stereocenters. The van der Waals surface area contributed by atoms with Crippen LogP contribution in [0.4, 0.5) is 11.4 Å². The molecule has 0 fully saturated rings. The van der Waals surface area contributed by atoms with E-state index in [1.54, 1.807) is 12.4 Å². The van der Waals surface area contributed by atoms with Crippen molar-refractivity contribution < 1.29 is 17.1 Å². The number of hydrazone groups is 2. The van der Waals surface area contributed by atoms with Crippen molar-refractivity contribution in [1.82, 2.24) is 9.97 Å². The molecule has 2 aliphatic carbocycles. The SMILES string of the molecule is Clc1ccc2c(N/N=C/C3C=CC=C3)ccnc2c1.Clc1ccc2c(N/N=C/C3C=CC=C3)ccnc2c1.[Fe+2]. The number of allylic oxidation sites excluding steroid dienone is 8. The maximum atomic E-state index is 5.96. The molecular formula is C30H24Cl2FeN6+2. The summed E-state index contributed by atoms with van der Waals surface area (Å²) in [6, 6.07) is 15.1. The Morgan fingerprint density at radius 3 is 1.44 bits per heavy atom. The molecular weight excluding hydrogens is 571 g/mol. The maximum absolute atomic E-state index is 5.96. The number of aromatic nitrogens is 2. The number of nitrogens with zero attached hydrogens (tertiary/aromatic N) is 4. The van der Waals surface area contributed by atoms with E-state index in [4.69, 9.17) is 23.2 Å². The molecule has 0 saturated heterocycles. The molecule has 39 heavy (non-hydrogen) atoms. The standard InChI is InChI=1S/2C15H12ClN3.Fe/c2*16-12-5-6-13-14(7-8-17-15(13)9-12)19-18-10-11-3-1-2-4-11;/h2*1-11H,(H,17,19);/q;;+2/b2*18-10+;. The summed E-state index contributed by atoms with van der Waals surface area (Å²) in [6.45, 7) is 0. The van der Waals surface area contributed by atoms with Crippen molar-refractivity contribution in [3.63, 3.8) is 0 Å². The second kappa shape index (κ2) is 13.9. The predicted molar refractivity (Wildman–Crippen MR) is 161 cm³/mol. The zero-order chi connectivity index (χ0) is 26.2. The van der Waals surface area contributed by atoms with Crippen molar-refractivity contribution in [2.75, 3.05) is 10.9 Å². The predicted octanol–water partition coefficient (Wildman–Crippen LogP) is 8.05. The van der Waals surface area contributed by atoms with E-state index in [2.05, 4.69) is 55.3 Å². The number of rotatable bonds is 6. The second-order valence-electron chi connectivity index (χ2n) is 8.51. The Labute approximate surface area is 247 Å². The molecule has 0 saturated carbocycles. The summed E-state index contributed by atoms with van der Waals surface area (Å²) >= 11 is 11.9. The van der Waals surface area contributed by atoms with E-state index in [1.807, 2.05) is 85.3 Å². The third-order valence-corrected chi connectivity index (χ3v) is 6.30. The van der Waals surface area contributed by atoms with Crippen molar-refractivity contribution in [2.24, 2.45) is 22.0 Å². The van der Waals surface area contributed by atoms with Gasteiger partial charge in [0.25, 0.3) is 0 Å². The van der Waals surface area contributed by atoms with Gasteiger partial charge >= 0.3 is 17.1 Å². The smallest absolute Gasteiger partial charge is 0.278 e. The van der Waals surface area contributed by atoms with Gasteiger partial charge in [-0.25, -0.2) is 0 Å². The minimum Gasteiger partial charge on any atom is -0.278 e. The topological polar surface area (TPSA) is 74.6 Å². The molecule has 2 N–H and O–H groups in total. The summed E-state index contributed by atoms with van der Waals surface area (Å²) in [7, 11) is 0. The first kappa shape index (κ1) is 28.3. The molecule has 0 unspecified atom stereocenters. The maximum Gasteiger partial charge on any atom is 2.00 e. The fraction of sp³-hybridized carbons (Fsp3) is 0.0667. The van der Waals surface area contributed by atoms with Gasteiger partial charge in [-0.3, -0.25) is 20.8 Å². The molecule has 6 nitrogen and oxygen atoms in total. The van der Waals surface area contributed by atoms with Crippen LogP contribution in [0.3, 0.4) is 0 Å². The number of fused-ring (bicyclic) bond motifs is 2. The fourth-order valence-corrected chi connectivity index (χ4v) is 4.25. The van der Waals surface area contributed by atoms with Gasteiger partial charge in [-0.05, 0) is 48.5 Å². The Morgan fingerprint density at radius 1 is 0.615 bits per heavy atom. The molecule has 4 aromatic rings. The van der Waals surface area contributed by atoms with Crippen LogP contribution >= 0.6 is 23.2 Å². The van der Waals surface area contributed by atoms with Crippen LogP contribution in [-0.4, -0.2) is 22.4 Å². The zero-order valence-electron chi connectivity index (χ0n) is 20.6. The second-order valence-corrected chi connectivity index (χ2v) is 9.39. The van der Waals surface area contributed by atoms with E-state index < -0.39 is 0 Å². The average Bonchev–Trinajstić information content (AvgIpc) is 3.64.